The molecule has 0 unspecified atom stereocenters. The number of benzene rings is 1. The summed E-state index contributed by atoms with van der Waals surface area (Å²) >= 11 is 3.35. The van der Waals surface area contributed by atoms with Crippen LogP contribution in [-0.2, 0) is 0 Å². The van der Waals surface area contributed by atoms with Crippen molar-refractivity contribution in [1.82, 2.24) is 4.90 Å². The molecule has 0 bridgehead atoms. The molecule has 1 amide bonds. The van der Waals surface area contributed by atoms with Gasteiger partial charge in [-0.3, -0.25) is 4.79 Å². The molecular weight excluding hydrogens is 304 g/mol. The number of carbonyl (C=O) groups is 1. The molecule has 0 atom stereocenters. The predicted octanol–water partition coefficient (Wildman–Crippen LogP) is 3.68. The van der Waals surface area contributed by atoms with Crippen LogP contribution in [-0.4, -0.2) is 23.9 Å². The van der Waals surface area contributed by atoms with Crippen LogP contribution < -0.4 is 5.73 Å². The van der Waals surface area contributed by atoms with Gasteiger partial charge in [0, 0.05) is 28.8 Å². The molecule has 0 aromatic heterocycles. The zero-order chi connectivity index (χ0) is 14.0. The summed E-state index contributed by atoms with van der Waals surface area (Å²) in [5.41, 5.74) is 7.48. The van der Waals surface area contributed by atoms with Gasteiger partial charge in [0.2, 0.25) is 0 Å². The Balaban J connectivity index is 2.13. The summed E-state index contributed by atoms with van der Waals surface area (Å²) in [6.45, 7) is 6.23. The Labute approximate surface area is 123 Å². The molecule has 1 aromatic carbocycles. The van der Waals surface area contributed by atoms with Crippen molar-refractivity contribution >= 4 is 27.5 Å². The molecular formula is C15H21BrN2O. The number of hydrogen-bond acceptors (Lipinski definition) is 2. The predicted molar refractivity (Wildman–Crippen MR) is 82.1 cm³/mol. The number of anilines is 1. The monoisotopic (exact) mass is 324 g/mol. The standard InChI is InChI=1S/C15H21BrN2O/c1-15(2)6-3-8-18(9-7-15)14(19)11-4-5-12(16)13(17)10-11/h4-5,10H,3,6-9,17H2,1-2H3. The molecule has 0 spiro atoms. The van der Waals surface area contributed by atoms with E-state index in [1.54, 1.807) is 6.07 Å². The fourth-order valence-electron chi connectivity index (χ4n) is 2.49. The zero-order valence-electron chi connectivity index (χ0n) is 11.6. The van der Waals surface area contributed by atoms with Gasteiger partial charge < -0.3 is 10.6 Å². The second-order valence-corrected chi connectivity index (χ2v) is 6.90. The Kier molecular flexibility index (Phi) is 4.19. The number of rotatable bonds is 1. The van der Waals surface area contributed by atoms with Crippen molar-refractivity contribution in [3.63, 3.8) is 0 Å². The number of nitrogen functional groups attached to an aromatic ring is 1. The fourth-order valence-corrected chi connectivity index (χ4v) is 2.73. The maximum atomic E-state index is 12.5. The van der Waals surface area contributed by atoms with E-state index in [2.05, 4.69) is 29.8 Å². The van der Waals surface area contributed by atoms with Crippen LogP contribution in [0.2, 0.25) is 0 Å². The molecule has 1 aromatic rings. The molecule has 1 aliphatic rings. The Morgan fingerprint density at radius 3 is 2.74 bits per heavy atom. The molecule has 2 N–H and O–H groups in total. The van der Waals surface area contributed by atoms with Crippen LogP contribution in [0, 0.1) is 5.41 Å². The van der Waals surface area contributed by atoms with Crippen LogP contribution in [0.5, 0.6) is 0 Å². The van der Waals surface area contributed by atoms with E-state index in [0.717, 1.165) is 30.4 Å². The average Bonchev–Trinajstić information content (AvgIpc) is 2.53. The highest BCUT2D eigenvalue weighted by Crippen LogP contribution is 2.30. The Hall–Kier alpha value is -1.03. The fraction of sp³-hybridized carbons (Fsp3) is 0.533. The SMILES string of the molecule is CC1(C)CCCN(C(=O)c2ccc(Br)c(N)c2)CC1. The summed E-state index contributed by atoms with van der Waals surface area (Å²) in [4.78, 5) is 14.4. The molecule has 1 saturated heterocycles. The average molecular weight is 325 g/mol. The molecule has 104 valence electrons. The minimum atomic E-state index is 0.0944. The lowest BCUT2D eigenvalue weighted by atomic mass is 9.85. The van der Waals surface area contributed by atoms with Crippen LogP contribution in [0.1, 0.15) is 43.5 Å². The van der Waals surface area contributed by atoms with Crippen molar-refractivity contribution in [3.05, 3.63) is 28.2 Å². The number of amides is 1. The van der Waals surface area contributed by atoms with Crippen molar-refractivity contribution in [2.75, 3.05) is 18.8 Å². The summed E-state index contributed by atoms with van der Waals surface area (Å²) < 4.78 is 0.834. The first-order valence-electron chi connectivity index (χ1n) is 6.73. The maximum Gasteiger partial charge on any atom is 0.253 e. The summed E-state index contributed by atoms with van der Waals surface area (Å²) in [7, 11) is 0. The van der Waals surface area contributed by atoms with E-state index in [1.165, 1.54) is 6.42 Å². The van der Waals surface area contributed by atoms with Crippen molar-refractivity contribution in [2.24, 2.45) is 5.41 Å². The maximum absolute atomic E-state index is 12.5. The molecule has 19 heavy (non-hydrogen) atoms. The van der Waals surface area contributed by atoms with Crippen molar-refractivity contribution in [3.8, 4) is 0 Å². The van der Waals surface area contributed by atoms with Crippen molar-refractivity contribution in [2.45, 2.75) is 33.1 Å². The van der Waals surface area contributed by atoms with Gasteiger partial charge in [0.05, 0.1) is 0 Å². The third-order valence-electron chi connectivity index (χ3n) is 3.87. The lowest BCUT2D eigenvalue weighted by molar-refractivity contribution is 0.0757. The molecule has 1 aliphatic heterocycles. The summed E-state index contributed by atoms with van der Waals surface area (Å²) in [6.07, 6.45) is 3.31. The van der Waals surface area contributed by atoms with Crippen LogP contribution >= 0.6 is 15.9 Å². The number of halogens is 1. The van der Waals surface area contributed by atoms with E-state index in [1.807, 2.05) is 17.0 Å². The lowest BCUT2D eigenvalue weighted by Gasteiger charge is -2.23. The lowest BCUT2D eigenvalue weighted by Crippen LogP contribution is -2.32. The van der Waals surface area contributed by atoms with Gasteiger partial charge in [-0.1, -0.05) is 13.8 Å². The molecule has 0 radical (unpaired) electrons. The number of likely N-dealkylation sites (tertiary alicyclic amines) is 1. The quantitative estimate of drug-likeness (QED) is 0.801. The first-order valence-corrected chi connectivity index (χ1v) is 7.53. The van der Waals surface area contributed by atoms with Crippen molar-refractivity contribution in [1.29, 1.82) is 0 Å². The summed E-state index contributed by atoms with van der Waals surface area (Å²) in [6, 6.07) is 5.42. The van der Waals surface area contributed by atoms with Gasteiger partial charge in [-0.2, -0.15) is 0 Å². The van der Waals surface area contributed by atoms with Gasteiger partial charge in [0.25, 0.3) is 5.91 Å². The summed E-state index contributed by atoms with van der Waals surface area (Å²) in [5.74, 6) is 0.0944. The molecule has 0 saturated carbocycles. The van der Waals surface area contributed by atoms with Gasteiger partial charge in [0.1, 0.15) is 0 Å². The Morgan fingerprint density at radius 1 is 1.32 bits per heavy atom. The van der Waals surface area contributed by atoms with Crippen LogP contribution in [0.3, 0.4) is 0 Å². The Morgan fingerprint density at radius 2 is 2.05 bits per heavy atom. The zero-order valence-corrected chi connectivity index (χ0v) is 13.2. The van der Waals surface area contributed by atoms with Crippen molar-refractivity contribution < 1.29 is 4.79 Å². The number of hydrogen-bond donors (Lipinski definition) is 1. The van der Waals surface area contributed by atoms with Gasteiger partial charge in [0.15, 0.2) is 0 Å². The van der Waals surface area contributed by atoms with Gasteiger partial charge in [-0.25, -0.2) is 0 Å². The number of carbonyl (C=O) groups excluding carboxylic acids is 1. The first kappa shape index (κ1) is 14.4. The van der Waals surface area contributed by atoms with E-state index < -0.39 is 0 Å². The van der Waals surface area contributed by atoms with Crippen LogP contribution in [0.25, 0.3) is 0 Å². The minimum Gasteiger partial charge on any atom is -0.398 e. The van der Waals surface area contributed by atoms with Gasteiger partial charge in [-0.05, 0) is 58.8 Å². The smallest absolute Gasteiger partial charge is 0.253 e. The summed E-state index contributed by atoms with van der Waals surface area (Å²) in [5, 5.41) is 0. The largest absolute Gasteiger partial charge is 0.398 e. The highest BCUT2D eigenvalue weighted by Gasteiger charge is 2.26. The second-order valence-electron chi connectivity index (χ2n) is 6.05. The molecule has 1 heterocycles. The van der Waals surface area contributed by atoms with E-state index >= 15 is 0 Å². The topological polar surface area (TPSA) is 46.3 Å². The van der Waals surface area contributed by atoms with E-state index in [-0.39, 0.29) is 5.91 Å². The molecule has 2 rings (SSSR count). The third-order valence-corrected chi connectivity index (χ3v) is 4.59. The molecule has 3 nitrogen and oxygen atoms in total. The third kappa shape index (κ3) is 3.50. The molecule has 1 fully saturated rings. The van der Waals surface area contributed by atoms with E-state index in [4.69, 9.17) is 5.73 Å². The van der Waals surface area contributed by atoms with Crippen LogP contribution in [0.15, 0.2) is 22.7 Å². The number of nitrogens with zero attached hydrogens (tertiary/aromatic N) is 1. The highest BCUT2D eigenvalue weighted by molar-refractivity contribution is 9.10. The normalized spacial score (nSPS) is 19.0. The number of nitrogens with two attached hydrogens (primary N) is 1. The van der Waals surface area contributed by atoms with Gasteiger partial charge in [-0.15, -0.1) is 0 Å². The minimum absolute atomic E-state index is 0.0944. The molecule has 4 heteroatoms. The van der Waals surface area contributed by atoms with Crippen LogP contribution in [0.4, 0.5) is 5.69 Å². The van der Waals surface area contributed by atoms with E-state index in [9.17, 15) is 4.79 Å². The van der Waals surface area contributed by atoms with Gasteiger partial charge >= 0.3 is 0 Å². The second kappa shape index (κ2) is 5.53. The van der Waals surface area contributed by atoms with E-state index in [0.29, 0.717) is 16.7 Å². The Bertz CT molecular complexity index is 485. The highest BCUT2D eigenvalue weighted by atomic mass is 79.9. The first-order chi connectivity index (χ1) is 8.89. The molecule has 0 aliphatic carbocycles.